The Bertz CT molecular complexity index is 1400. The number of hydrogen-bond acceptors (Lipinski definition) is 4. The molecule has 0 saturated heterocycles. The van der Waals surface area contributed by atoms with Gasteiger partial charge in [-0.05, 0) is 82.3 Å². The quantitative estimate of drug-likeness (QED) is 0.329. The molecule has 7 nitrogen and oxygen atoms in total. The first-order valence-corrected chi connectivity index (χ1v) is 15.2. The summed E-state index contributed by atoms with van der Waals surface area (Å²) in [6.07, 6.45) is 0.930. The molecule has 3 aromatic rings. The molecule has 2 amide bonds. The number of carbonyl (C=O) groups is 2. The van der Waals surface area contributed by atoms with Crippen LogP contribution in [0, 0.1) is 20.8 Å². The highest BCUT2D eigenvalue weighted by Crippen LogP contribution is 2.28. The molecule has 0 radical (unpaired) electrons. The van der Waals surface area contributed by atoms with Gasteiger partial charge in [-0.25, -0.2) is 8.42 Å². The number of amides is 2. The summed E-state index contributed by atoms with van der Waals surface area (Å²) in [5.74, 6) is -0.683. The Hall–Kier alpha value is -3.65. The predicted molar refractivity (Wildman–Crippen MR) is 161 cm³/mol. The highest BCUT2D eigenvalue weighted by atomic mass is 32.2. The minimum Gasteiger partial charge on any atom is -0.352 e. The largest absolute Gasteiger partial charge is 0.352 e. The molecule has 0 aliphatic carbocycles. The molecule has 0 aromatic heterocycles. The van der Waals surface area contributed by atoms with Crippen LogP contribution in [-0.2, 0) is 26.0 Å². The van der Waals surface area contributed by atoms with Crippen LogP contribution in [0.15, 0.2) is 77.7 Å². The number of nitrogens with one attached hydrogen (secondary N) is 1. The number of nitrogens with zero attached hydrogens (tertiary/aromatic N) is 2. The average Bonchev–Trinajstić information content (AvgIpc) is 2.91. The Morgan fingerprint density at radius 2 is 1.50 bits per heavy atom. The number of anilines is 1. The van der Waals surface area contributed by atoms with Crippen molar-refractivity contribution in [1.29, 1.82) is 0 Å². The van der Waals surface area contributed by atoms with Crippen LogP contribution in [0.1, 0.15) is 49.4 Å². The molecule has 3 rings (SSSR count). The fourth-order valence-corrected chi connectivity index (χ4v) is 6.09. The molecule has 0 fully saturated rings. The monoisotopic (exact) mass is 563 g/mol. The molecular weight excluding hydrogens is 522 g/mol. The fraction of sp³-hybridized carbons (Fsp3) is 0.375. The SMILES string of the molecule is CC[C@@H](C(=O)NC(C)C)N(CCc1ccccc1)C(=O)CN(c1cc(C)ccc1C)S(=O)(=O)c1ccc(C)cc1. The third-order valence-electron chi connectivity index (χ3n) is 6.82. The van der Waals surface area contributed by atoms with E-state index >= 15 is 0 Å². The fourth-order valence-electron chi connectivity index (χ4n) is 4.62. The maximum atomic E-state index is 14.1. The lowest BCUT2D eigenvalue weighted by atomic mass is 10.1. The Labute approximate surface area is 239 Å². The second-order valence-electron chi connectivity index (χ2n) is 10.5. The van der Waals surface area contributed by atoms with Crippen molar-refractivity contribution in [2.45, 2.75) is 71.4 Å². The Morgan fingerprint density at radius 1 is 0.875 bits per heavy atom. The predicted octanol–water partition coefficient (Wildman–Crippen LogP) is 5.18. The molecule has 0 saturated carbocycles. The second kappa shape index (κ2) is 13.6. The topological polar surface area (TPSA) is 86.8 Å². The molecule has 3 aromatic carbocycles. The van der Waals surface area contributed by atoms with E-state index in [4.69, 9.17) is 0 Å². The van der Waals surface area contributed by atoms with Crippen molar-refractivity contribution in [1.82, 2.24) is 10.2 Å². The standard InChI is InChI=1S/C32H41N3O4S/c1-7-29(32(37)33-23(2)3)34(20-19-27-11-9-8-10-12-27)31(36)22-35(30-21-25(5)13-16-26(30)6)40(38,39)28-17-14-24(4)15-18-28/h8-18,21,23,29H,7,19-20,22H2,1-6H3,(H,33,37)/t29-/m0/s1. The molecular formula is C32H41N3O4S. The Balaban J connectivity index is 2.05. The van der Waals surface area contributed by atoms with Crippen molar-refractivity contribution in [3.05, 3.63) is 95.1 Å². The van der Waals surface area contributed by atoms with Crippen LogP contribution in [-0.4, -0.2) is 50.3 Å². The van der Waals surface area contributed by atoms with E-state index in [1.165, 1.54) is 9.21 Å². The van der Waals surface area contributed by atoms with E-state index in [9.17, 15) is 18.0 Å². The van der Waals surface area contributed by atoms with E-state index in [-0.39, 0.29) is 23.4 Å². The summed E-state index contributed by atoms with van der Waals surface area (Å²) < 4.78 is 29.3. The second-order valence-corrected chi connectivity index (χ2v) is 12.4. The van der Waals surface area contributed by atoms with Gasteiger partial charge in [0.05, 0.1) is 10.6 Å². The lowest BCUT2D eigenvalue weighted by Gasteiger charge is -2.34. The number of hydrogen-bond donors (Lipinski definition) is 1. The summed E-state index contributed by atoms with van der Waals surface area (Å²) in [6.45, 7) is 11.1. The average molecular weight is 564 g/mol. The zero-order valence-electron chi connectivity index (χ0n) is 24.3. The van der Waals surface area contributed by atoms with Gasteiger partial charge in [-0.15, -0.1) is 0 Å². The van der Waals surface area contributed by atoms with Crippen molar-refractivity contribution in [2.24, 2.45) is 0 Å². The van der Waals surface area contributed by atoms with Gasteiger partial charge in [0.2, 0.25) is 11.8 Å². The van der Waals surface area contributed by atoms with Gasteiger partial charge in [0.1, 0.15) is 12.6 Å². The molecule has 0 aliphatic heterocycles. The van der Waals surface area contributed by atoms with Gasteiger partial charge < -0.3 is 10.2 Å². The molecule has 1 N–H and O–H groups in total. The molecule has 40 heavy (non-hydrogen) atoms. The van der Waals surface area contributed by atoms with Gasteiger partial charge in [-0.3, -0.25) is 13.9 Å². The normalized spacial score (nSPS) is 12.2. The summed E-state index contributed by atoms with van der Waals surface area (Å²) in [5.41, 5.74) is 4.01. The summed E-state index contributed by atoms with van der Waals surface area (Å²) in [7, 11) is -4.09. The van der Waals surface area contributed by atoms with Crippen molar-refractivity contribution < 1.29 is 18.0 Å². The van der Waals surface area contributed by atoms with E-state index in [1.807, 2.05) is 84.0 Å². The molecule has 0 bridgehead atoms. The van der Waals surface area contributed by atoms with E-state index in [0.717, 1.165) is 22.3 Å². The van der Waals surface area contributed by atoms with Gasteiger partial charge in [0.15, 0.2) is 0 Å². The van der Waals surface area contributed by atoms with E-state index < -0.39 is 28.5 Å². The minimum atomic E-state index is -4.09. The highest BCUT2D eigenvalue weighted by Gasteiger charge is 2.34. The molecule has 214 valence electrons. The van der Waals surface area contributed by atoms with Crippen molar-refractivity contribution in [2.75, 3.05) is 17.4 Å². The highest BCUT2D eigenvalue weighted by molar-refractivity contribution is 7.92. The van der Waals surface area contributed by atoms with Crippen LogP contribution in [0.4, 0.5) is 5.69 Å². The first-order chi connectivity index (χ1) is 18.9. The lowest BCUT2D eigenvalue weighted by Crippen LogP contribution is -2.54. The van der Waals surface area contributed by atoms with Gasteiger partial charge in [0.25, 0.3) is 10.0 Å². The third kappa shape index (κ3) is 7.72. The summed E-state index contributed by atoms with van der Waals surface area (Å²) in [5, 5.41) is 2.93. The third-order valence-corrected chi connectivity index (χ3v) is 8.60. The summed E-state index contributed by atoms with van der Waals surface area (Å²) >= 11 is 0. The van der Waals surface area contributed by atoms with Crippen LogP contribution in [0.25, 0.3) is 0 Å². The minimum absolute atomic E-state index is 0.0963. The zero-order chi connectivity index (χ0) is 29.4. The summed E-state index contributed by atoms with van der Waals surface area (Å²) in [4.78, 5) is 29.0. The first kappa shape index (κ1) is 30.9. The maximum absolute atomic E-state index is 14.1. The van der Waals surface area contributed by atoms with E-state index in [0.29, 0.717) is 18.5 Å². The van der Waals surface area contributed by atoms with Crippen molar-refractivity contribution >= 4 is 27.5 Å². The van der Waals surface area contributed by atoms with Gasteiger partial charge >= 0.3 is 0 Å². The molecule has 8 heteroatoms. The molecule has 0 spiro atoms. The Kier molecular flexibility index (Phi) is 10.5. The Morgan fingerprint density at radius 3 is 2.10 bits per heavy atom. The number of sulfonamides is 1. The van der Waals surface area contributed by atoms with Gasteiger partial charge in [0, 0.05) is 12.6 Å². The van der Waals surface area contributed by atoms with Crippen LogP contribution in [0.5, 0.6) is 0 Å². The smallest absolute Gasteiger partial charge is 0.264 e. The maximum Gasteiger partial charge on any atom is 0.264 e. The van der Waals surface area contributed by atoms with E-state index in [2.05, 4.69) is 5.32 Å². The number of carbonyl (C=O) groups excluding carboxylic acids is 2. The number of rotatable bonds is 12. The lowest BCUT2D eigenvalue weighted by molar-refractivity contribution is -0.139. The van der Waals surface area contributed by atoms with Gasteiger partial charge in [-0.2, -0.15) is 0 Å². The number of aryl methyl sites for hydroxylation is 3. The van der Waals surface area contributed by atoms with Crippen LogP contribution in [0.2, 0.25) is 0 Å². The molecule has 0 aliphatic rings. The molecule has 0 unspecified atom stereocenters. The van der Waals surface area contributed by atoms with Crippen LogP contribution < -0.4 is 9.62 Å². The van der Waals surface area contributed by atoms with Crippen LogP contribution >= 0.6 is 0 Å². The molecule has 0 heterocycles. The number of benzene rings is 3. The van der Waals surface area contributed by atoms with Crippen molar-refractivity contribution in [3.8, 4) is 0 Å². The molecule has 1 atom stereocenters. The van der Waals surface area contributed by atoms with Crippen molar-refractivity contribution in [3.63, 3.8) is 0 Å². The first-order valence-electron chi connectivity index (χ1n) is 13.7. The summed E-state index contributed by atoms with van der Waals surface area (Å²) in [6, 6.07) is 21.1. The van der Waals surface area contributed by atoms with Gasteiger partial charge in [-0.1, -0.05) is 67.1 Å². The zero-order valence-corrected chi connectivity index (χ0v) is 25.2. The van der Waals surface area contributed by atoms with E-state index in [1.54, 1.807) is 30.3 Å². The van der Waals surface area contributed by atoms with Crippen LogP contribution in [0.3, 0.4) is 0 Å².